The molecular weight excluding hydrogens is 201 g/mol. The molecule has 5 nitrogen and oxygen atoms in total. The fourth-order valence-electron chi connectivity index (χ4n) is 1.40. The van der Waals surface area contributed by atoms with Crippen molar-refractivity contribution in [3.8, 4) is 0 Å². The van der Waals surface area contributed by atoms with Crippen LogP contribution in [0, 0.1) is 5.82 Å². The van der Waals surface area contributed by atoms with E-state index in [1.165, 1.54) is 12.1 Å². The number of fused-ring (bicyclic) bond motifs is 1. The fraction of sp³-hybridized carbons (Fsp3) is 0.111. The molecule has 0 amide bonds. The summed E-state index contributed by atoms with van der Waals surface area (Å²) in [6, 6.07) is 3.00. The maximum Gasteiger partial charge on any atom is 0.326 e. The van der Waals surface area contributed by atoms with Crippen LogP contribution in [0.15, 0.2) is 18.2 Å². The van der Waals surface area contributed by atoms with Crippen LogP contribution in [0.1, 0.15) is 11.7 Å². The number of carboxylic acid groups (broad SMARTS) is 1. The maximum atomic E-state index is 13.4. The van der Waals surface area contributed by atoms with Crippen LogP contribution >= 0.6 is 0 Å². The Morgan fingerprint density at radius 2 is 2.33 bits per heavy atom. The second-order valence-corrected chi connectivity index (χ2v) is 3.09. The van der Waals surface area contributed by atoms with Crippen molar-refractivity contribution >= 4 is 16.9 Å². The highest BCUT2D eigenvalue weighted by molar-refractivity contribution is 5.87. The van der Waals surface area contributed by atoms with Crippen LogP contribution in [-0.2, 0) is 4.79 Å². The first-order chi connectivity index (χ1) is 7.11. The first-order valence-electron chi connectivity index (χ1n) is 4.22. The topological polar surface area (TPSA) is 92.0 Å². The SMILES string of the molecule is NC(C(=O)O)c1[nH]nc2cccc(F)c12. The molecule has 0 aliphatic rings. The number of rotatable bonds is 2. The van der Waals surface area contributed by atoms with E-state index in [4.69, 9.17) is 10.8 Å². The normalized spacial score (nSPS) is 12.9. The van der Waals surface area contributed by atoms with E-state index in [0.717, 1.165) is 0 Å². The van der Waals surface area contributed by atoms with E-state index in [0.29, 0.717) is 5.52 Å². The number of aromatic amines is 1. The number of nitrogens with two attached hydrogens (primary N) is 1. The third-order valence-electron chi connectivity index (χ3n) is 2.13. The Hall–Kier alpha value is -1.95. The summed E-state index contributed by atoms with van der Waals surface area (Å²) in [5.74, 6) is -1.77. The summed E-state index contributed by atoms with van der Waals surface area (Å²) in [4.78, 5) is 10.7. The summed E-state index contributed by atoms with van der Waals surface area (Å²) < 4.78 is 13.4. The summed E-state index contributed by atoms with van der Waals surface area (Å²) in [6.07, 6.45) is 0. The highest BCUT2D eigenvalue weighted by Crippen LogP contribution is 2.23. The largest absolute Gasteiger partial charge is 0.480 e. The molecular formula is C9H8FN3O2. The van der Waals surface area contributed by atoms with E-state index < -0.39 is 17.8 Å². The Kier molecular flexibility index (Phi) is 2.12. The molecule has 78 valence electrons. The lowest BCUT2D eigenvalue weighted by atomic mass is 10.1. The van der Waals surface area contributed by atoms with Crippen LogP contribution in [0.2, 0.25) is 0 Å². The van der Waals surface area contributed by atoms with Gasteiger partial charge in [0.25, 0.3) is 0 Å². The molecule has 1 aromatic carbocycles. The molecule has 0 aliphatic carbocycles. The standard InChI is InChI=1S/C9H8FN3O2/c10-4-2-1-3-5-6(4)8(13-12-5)7(11)9(14)15/h1-3,7H,11H2,(H,12,13)(H,14,15). The number of hydrogen-bond acceptors (Lipinski definition) is 3. The van der Waals surface area contributed by atoms with Crippen LogP contribution in [0.3, 0.4) is 0 Å². The number of H-pyrrole nitrogens is 1. The first kappa shape index (κ1) is 9.60. The Morgan fingerprint density at radius 3 is 3.00 bits per heavy atom. The van der Waals surface area contributed by atoms with E-state index in [-0.39, 0.29) is 11.1 Å². The highest BCUT2D eigenvalue weighted by atomic mass is 19.1. The van der Waals surface area contributed by atoms with Gasteiger partial charge >= 0.3 is 5.97 Å². The summed E-state index contributed by atoms with van der Waals surface area (Å²) in [5.41, 5.74) is 5.82. The van der Waals surface area contributed by atoms with Gasteiger partial charge in [0.15, 0.2) is 0 Å². The van der Waals surface area contributed by atoms with Crippen LogP contribution in [0.5, 0.6) is 0 Å². The van der Waals surface area contributed by atoms with Gasteiger partial charge in [-0.1, -0.05) is 6.07 Å². The zero-order chi connectivity index (χ0) is 11.0. The molecule has 6 heteroatoms. The number of nitrogens with zero attached hydrogens (tertiary/aromatic N) is 1. The molecule has 0 aliphatic heterocycles. The third-order valence-corrected chi connectivity index (χ3v) is 2.13. The van der Waals surface area contributed by atoms with E-state index in [1.807, 2.05) is 0 Å². The molecule has 0 radical (unpaired) electrons. The Morgan fingerprint density at radius 1 is 1.60 bits per heavy atom. The van der Waals surface area contributed by atoms with Gasteiger partial charge < -0.3 is 10.8 Å². The monoisotopic (exact) mass is 209 g/mol. The smallest absolute Gasteiger partial charge is 0.326 e. The summed E-state index contributed by atoms with van der Waals surface area (Å²) in [5, 5.41) is 15.1. The van der Waals surface area contributed by atoms with Crippen LogP contribution < -0.4 is 5.73 Å². The molecule has 15 heavy (non-hydrogen) atoms. The molecule has 4 N–H and O–H groups in total. The minimum Gasteiger partial charge on any atom is -0.480 e. The van der Waals surface area contributed by atoms with Crippen molar-refractivity contribution < 1.29 is 14.3 Å². The van der Waals surface area contributed by atoms with Gasteiger partial charge in [-0.2, -0.15) is 5.10 Å². The van der Waals surface area contributed by atoms with Gasteiger partial charge in [0, 0.05) is 0 Å². The molecule has 0 saturated heterocycles. The van der Waals surface area contributed by atoms with Gasteiger partial charge in [0.2, 0.25) is 0 Å². The lowest BCUT2D eigenvalue weighted by Crippen LogP contribution is -2.21. The highest BCUT2D eigenvalue weighted by Gasteiger charge is 2.21. The van der Waals surface area contributed by atoms with Crippen LogP contribution in [0.25, 0.3) is 10.9 Å². The molecule has 1 aromatic heterocycles. The molecule has 2 rings (SSSR count). The Balaban J connectivity index is 2.67. The number of benzene rings is 1. The molecule has 1 heterocycles. The number of hydrogen-bond donors (Lipinski definition) is 3. The molecule has 2 aromatic rings. The number of aromatic nitrogens is 2. The van der Waals surface area contributed by atoms with Crippen molar-refractivity contribution in [2.24, 2.45) is 5.73 Å². The minimum atomic E-state index is -1.30. The average Bonchev–Trinajstić information content (AvgIpc) is 2.61. The van der Waals surface area contributed by atoms with Gasteiger partial charge in [-0.15, -0.1) is 0 Å². The summed E-state index contributed by atoms with van der Waals surface area (Å²) >= 11 is 0. The predicted molar refractivity (Wildman–Crippen MR) is 50.6 cm³/mol. The van der Waals surface area contributed by atoms with Gasteiger partial charge in [0.1, 0.15) is 11.9 Å². The molecule has 0 bridgehead atoms. The molecule has 1 unspecified atom stereocenters. The molecule has 0 saturated carbocycles. The van der Waals surface area contributed by atoms with E-state index in [2.05, 4.69) is 10.2 Å². The second-order valence-electron chi connectivity index (χ2n) is 3.09. The van der Waals surface area contributed by atoms with Crippen molar-refractivity contribution in [3.05, 3.63) is 29.7 Å². The molecule has 0 spiro atoms. The Labute approximate surface area is 83.7 Å². The van der Waals surface area contributed by atoms with Crippen molar-refractivity contribution in [3.63, 3.8) is 0 Å². The number of nitrogens with one attached hydrogen (secondary N) is 1. The van der Waals surface area contributed by atoms with E-state index in [1.54, 1.807) is 6.07 Å². The van der Waals surface area contributed by atoms with Crippen molar-refractivity contribution in [2.75, 3.05) is 0 Å². The predicted octanol–water partition coefficient (Wildman–Crippen LogP) is 0.786. The fourth-order valence-corrected chi connectivity index (χ4v) is 1.40. The zero-order valence-electron chi connectivity index (χ0n) is 7.57. The van der Waals surface area contributed by atoms with Gasteiger partial charge in [0.05, 0.1) is 16.6 Å². The third kappa shape index (κ3) is 1.44. The molecule has 1 atom stereocenters. The van der Waals surface area contributed by atoms with E-state index >= 15 is 0 Å². The van der Waals surface area contributed by atoms with Gasteiger partial charge in [-0.05, 0) is 12.1 Å². The lowest BCUT2D eigenvalue weighted by molar-refractivity contribution is -0.138. The second kappa shape index (κ2) is 3.32. The number of aliphatic carboxylic acids is 1. The summed E-state index contributed by atoms with van der Waals surface area (Å²) in [7, 11) is 0. The average molecular weight is 209 g/mol. The van der Waals surface area contributed by atoms with Crippen LogP contribution in [0.4, 0.5) is 4.39 Å². The first-order valence-corrected chi connectivity index (χ1v) is 4.22. The quantitative estimate of drug-likeness (QED) is 0.681. The number of carboxylic acids is 1. The number of halogens is 1. The summed E-state index contributed by atoms with van der Waals surface area (Å²) in [6.45, 7) is 0. The molecule has 0 fully saturated rings. The van der Waals surface area contributed by atoms with E-state index in [9.17, 15) is 9.18 Å². The van der Waals surface area contributed by atoms with Gasteiger partial charge in [-0.3, -0.25) is 9.89 Å². The minimum absolute atomic E-state index is 0.0793. The van der Waals surface area contributed by atoms with Gasteiger partial charge in [-0.25, -0.2) is 4.39 Å². The number of carbonyl (C=O) groups is 1. The van der Waals surface area contributed by atoms with Crippen molar-refractivity contribution in [1.82, 2.24) is 10.2 Å². The maximum absolute atomic E-state index is 13.4. The van der Waals surface area contributed by atoms with Crippen molar-refractivity contribution in [2.45, 2.75) is 6.04 Å². The Bertz CT molecular complexity index is 523. The van der Waals surface area contributed by atoms with Crippen molar-refractivity contribution in [1.29, 1.82) is 0 Å². The zero-order valence-corrected chi connectivity index (χ0v) is 7.57. The van der Waals surface area contributed by atoms with Crippen LogP contribution in [-0.4, -0.2) is 21.3 Å². The lowest BCUT2D eigenvalue weighted by Gasteiger charge is -2.03.